The summed E-state index contributed by atoms with van der Waals surface area (Å²) in [7, 11) is -3.57. The molecule has 2 saturated heterocycles. The average molecular weight is 486 g/mol. The van der Waals surface area contributed by atoms with Crippen LogP contribution in [0.1, 0.15) is 39.5 Å². The normalized spacial score (nSPS) is 24.6. The fraction of sp³-hybridized carbons (Fsp3) is 0.667. The largest absolute Gasteiger partial charge is 0.355 e. The van der Waals surface area contributed by atoms with Crippen LogP contribution in [-0.2, 0) is 14.8 Å². The van der Waals surface area contributed by atoms with Gasteiger partial charge in [0.05, 0.1) is 10.8 Å². The molecule has 2 aliphatic rings. The number of hydrogen-bond donors (Lipinski definition) is 1. The van der Waals surface area contributed by atoms with Crippen LogP contribution in [0.5, 0.6) is 0 Å². The fourth-order valence-corrected chi connectivity index (χ4v) is 6.04. The number of carbonyl (C=O) groups is 1. The van der Waals surface area contributed by atoms with Gasteiger partial charge in [0.25, 0.3) is 0 Å². The number of likely N-dealkylation sites (tertiary alicyclic amines) is 1. The molecule has 8 heteroatoms. The van der Waals surface area contributed by atoms with Crippen molar-refractivity contribution < 1.29 is 13.2 Å². The van der Waals surface area contributed by atoms with Gasteiger partial charge in [-0.25, -0.2) is 8.42 Å². The molecule has 1 aromatic rings. The van der Waals surface area contributed by atoms with Gasteiger partial charge in [0, 0.05) is 36.7 Å². The molecule has 0 bridgehead atoms. The summed E-state index contributed by atoms with van der Waals surface area (Å²) in [6.07, 6.45) is 3.75. The van der Waals surface area contributed by atoms with Crippen LogP contribution in [0, 0.1) is 11.8 Å². The molecule has 1 N–H and O–H groups in total. The number of sulfonamides is 1. The van der Waals surface area contributed by atoms with Crippen molar-refractivity contribution in [2.24, 2.45) is 11.8 Å². The summed E-state index contributed by atoms with van der Waals surface area (Å²) in [6, 6.07) is 7.19. The van der Waals surface area contributed by atoms with E-state index < -0.39 is 10.0 Å². The summed E-state index contributed by atoms with van der Waals surface area (Å²) in [6.45, 7) is 7.98. The number of hydrogen-bond acceptors (Lipinski definition) is 4. The van der Waals surface area contributed by atoms with Crippen molar-refractivity contribution in [2.75, 3.05) is 32.7 Å². The van der Waals surface area contributed by atoms with Gasteiger partial charge in [-0.3, -0.25) is 4.79 Å². The second kappa shape index (κ2) is 9.90. The van der Waals surface area contributed by atoms with E-state index in [9.17, 15) is 13.2 Å². The molecular formula is C21H32BrN3O3S. The molecule has 3 rings (SSSR count). The highest BCUT2D eigenvalue weighted by Crippen LogP contribution is 2.25. The fourth-order valence-electron chi connectivity index (χ4n) is 4.25. The number of carbonyl (C=O) groups excluding carboxylic acids is 1. The molecule has 1 aromatic carbocycles. The Morgan fingerprint density at radius 1 is 1.14 bits per heavy atom. The van der Waals surface area contributed by atoms with Gasteiger partial charge in [0.2, 0.25) is 15.9 Å². The van der Waals surface area contributed by atoms with E-state index >= 15 is 0 Å². The van der Waals surface area contributed by atoms with Crippen LogP contribution in [0.15, 0.2) is 33.6 Å². The minimum absolute atomic E-state index is 0.0117. The molecule has 2 heterocycles. The number of halogens is 1. The van der Waals surface area contributed by atoms with E-state index in [1.165, 1.54) is 10.7 Å². The van der Waals surface area contributed by atoms with Crippen molar-refractivity contribution in [3.8, 4) is 0 Å². The number of amides is 1. The third-order valence-electron chi connectivity index (χ3n) is 6.05. The Bertz CT molecular complexity index is 798. The Kier molecular flexibility index (Phi) is 7.75. The molecule has 0 spiro atoms. The molecule has 2 fully saturated rings. The molecule has 0 aromatic heterocycles. The maximum absolute atomic E-state index is 12.9. The zero-order valence-electron chi connectivity index (χ0n) is 17.3. The van der Waals surface area contributed by atoms with Crippen LogP contribution >= 0.6 is 15.9 Å². The van der Waals surface area contributed by atoms with Crippen molar-refractivity contribution in [3.63, 3.8) is 0 Å². The summed E-state index contributed by atoms with van der Waals surface area (Å²) in [5, 5.41) is 3.11. The number of nitrogens with one attached hydrogen (secondary N) is 1. The van der Waals surface area contributed by atoms with Gasteiger partial charge in [0.15, 0.2) is 0 Å². The van der Waals surface area contributed by atoms with E-state index in [0.717, 1.165) is 30.4 Å². The zero-order valence-corrected chi connectivity index (χ0v) is 19.7. The van der Waals surface area contributed by atoms with E-state index in [0.29, 0.717) is 31.5 Å². The molecule has 6 nitrogen and oxygen atoms in total. The number of rotatable bonds is 6. The quantitative estimate of drug-likeness (QED) is 0.671. The molecular weight excluding hydrogens is 454 g/mol. The maximum atomic E-state index is 12.9. The number of nitrogens with zero attached hydrogens (tertiary/aromatic N) is 2. The lowest BCUT2D eigenvalue weighted by Crippen LogP contribution is -2.48. The molecule has 162 valence electrons. The highest BCUT2D eigenvalue weighted by molar-refractivity contribution is 9.10. The first kappa shape index (κ1) is 22.7. The standard InChI is InChI=1S/C21H32BrN3O3S/c1-16(2)24-11-3-5-17(14-24)13-23-21(26)18-6-4-12-25(15-18)29(27,28)20-9-7-19(22)8-10-20/h7-10,16-18H,3-6,11-15H2,1-2H3,(H,23,26). The lowest BCUT2D eigenvalue weighted by Gasteiger charge is -2.36. The molecule has 0 aliphatic carbocycles. The highest BCUT2D eigenvalue weighted by Gasteiger charge is 2.33. The van der Waals surface area contributed by atoms with Gasteiger partial charge in [-0.1, -0.05) is 15.9 Å². The Labute approximate surface area is 183 Å². The second-order valence-electron chi connectivity index (χ2n) is 8.50. The summed E-state index contributed by atoms with van der Waals surface area (Å²) in [5.74, 6) is 0.183. The first-order valence-corrected chi connectivity index (χ1v) is 12.8. The third kappa shape index (κ3) is 5.81. The van der Waals surface area contributed by atoms with Gasteiger partial charge < -0.3 is 10.2 Å². The smallest absolute Gasteiger partial charge is 0.243 e. The Balaban J connectivity index is 1.56. The van der Waals surface area contributed by atoms with E-state index in [2.05, 4.69) is 40.0 Å². The SMILES string of the molecule is CC(C)N1CCCC(CNC(=O)C2CCCN(S(=O)(=O)c3ccc(Br)cc3)C2)C1. The summed E-state index contributed by atoms with van der Waals surface area (Å²) in [5.41, 5.74) is 0. The number of benzene rings is 1. The molecule has 0 radical (unpaired) electrons. The summed E-state index contributed by atoms with van der Waals surface area (Å²) in [4.78, 5) is 15.5. The van der Waals surface area contributed by atoms with Gasteiger partial charge >= 0.3 is 0 Å². The van der Waals surface area contributed by atoms with Crippen LogP contribution in [-0.4, -0.2) is 62.3 Å². The van der Waals surface area contributed by atoms with Crippen LogP contribution in [0.25, 0.3) is 0 Å². The van der Waals surface area contributed by atoms with Crippen LogP contribution in [0.4, 0.5) is 0 Å². The maximum Gasteiger partial charge on any atom is 0.243 e. The summed E-state index contributed by atoms with van der Waals surface area (Å²) >= 11 is 3.33. The van der Waals surface area contributed by atoms with Gasteiger partial charge in [0.1, 0.15) is 0 Å². The minimum atomic E-state index is -3.57. The van der Waals surface area contributed by atoms with E-state index in [-0.39, 0.29) is 23.3 Å². The average Bonchev–Trinajstić information content (AvgIpc) is 2.72. The van der Waals surface area contributed by atoms with Gasteiger partial charge in [-0.15, -0.1) is 0 Å². The molecule has 2 unspecified atom stereocenters. The van der Waals surface area contributed by atoms with E-state index in [1.54, 1.807) is 24.3 Å². The van der Waals surface area contributed by atoms with Gasteiger partial charge in [-0.05, 0) is 76.3 Å². The van der Waals surface area contributed by atoms with Crippen LogP contribution < -0.4 is 5.32 Å². The van der Waals surface area contributed by atoms with Crippen molar-refractivity contribution in [1.29, 1.82) is 0 Å². The Morgan fingerprint density at radius 3 is 2.52 bits per heavy atom. The van der Waals surface area contributed by atoms with Crippen LogP contribution in [0.2, 0.25) is 0 Å². The monoisotopic (exact) mass is 485 g/mol. The van der Waals surface area contributed by atoms with Crippen LogP contribution in [0.3, 0.4) is 0 Å². The van der Waals surface area contributed by atoms with Crippen molar-refractivity contribution >= 4 is 31.9 Å². The lowest BCUT2D eigenvalue weighted by molar-refractivity contribution is -0.126. The summed E-state index contributed by atoms with van der Waals surface area (Å²) < 4.78 is 28.2. The second-order valence-corrected chi connectivity index (χ2v) is 11.4. The highest BCUT2D eigenvalue weighted by atomic mass is 79.9. The first-order valence-electron chi connectivity index (χ1n) is 10.5. The molecule has 1 amide bonds. The van der Waals surface area contributed by atoms with Gasteiger partial charge in [-0.2, -0.15) is 4.31 Å². The molecule has 0 saturated carbocycles. The Hall–Kier alpha value is -0.960. The first-order chi connectivity index (χ1) is 13.8. The minimum Gasteiger partial charge on any atom is -0.355 e. The van der Waals surface area contributed by atoms with Crippen molar-refractivity contribution in [2.45, 2.75) is 50.5 Å². The topological polar surface area (TPSA) is 69.7 Å². The lowest BCUT2D eigenvalue weighted by atomic mass is 9.95. The molecule has 29 heavy (non-hydrogen) atoms. The molecule has 2 aliphatic heterocycles. The molecule has 2 atom stereocenters. The predicted octanol–water partition coefficient (Wildman–Crippen LogP) is 3.09. The third-order valence-corrected chi connectivity index (χ3v) is 8.46. The van der Waals surface area contributed by atoms with E-state index in [4.69, 9.17) is 0 Å². The van der Waals surface area contributed by atoms with Crippen molar-refractivity contribution in [3.05, 3.63) is 28.7 Å². The zero-order chi connectivity index (χ0) is 21.0. The number of piperidine rings is 2. The Morgan fingerprint density at radius 2 is 1.83 bits per heavy atom. The van der Waals surface area contributed by atoms with Crippen molar-refractivity contribution in [1.82, 2.24) is 14.5 Å². The predicted molar refractivity (Wildman–Crippen MR) is 118 cm³/mol. The van der Waals surface area contributed by atoms with E-state index in [1.807, 2.05) is 0 Å².